The zero-order valence-electron chi connectivity index (χ0n) is 20.3. The lowest BCUT2D eigenvalue weighted by Gasteiger charge is -2.18. The van der Waals surface area contributed by atoms with Gasteiger partial charge in [0.15, 0.2) is 11.0 Å². The molecule has 4 aromatic rings. The number of rotatable bonds is 7. The third-order valence-corrected chi connectivity index (χ3v) is 6.30. The van der Waals surface area contributed by atoms with Gasteiger partial charge in [-0.1, -0.05) is 74.5 Å². The first-order chi connectivity index (χ1) is 16.8. The fourth-order valence-corrected chi connectivity index (χ4v) is 4.13. The highest BCUT2D eigenvalue weighted by Gasteiger charge is 2.17. The first-order valence-corrected chi connectivity index (χ1v) is 12.3. The van der Waals surface area contributed by atoms with Crippen LogP contribution < -0.4 is 5.43 Å². The van der Waals surface area contributed by atoms with Crippen molar-refractivity contribution in [2.45, 2.75) is 38.3 Å². The van der Waals surface area contributed by atoms with Crippen LogP contribution in [0.15, 0.2) is 83.3 Å². The van der Waals surface area contributed by atoms with E-state index in [0.717, 1.165) is 22.4 Å². The Labute approximate surface area is 209 Å². The van der Waals surface area contributed by atoms with E-state index in [1.54, 1.807) is 18.6 Å². The molecule has 0 spiro atoms. The van der Waals surface area contributed by atoms with E-state index in [0.29, 0.717) is 11.0 Å². The average molecular weight is 485 g/mol. The van der Waals surface area contributed by atoms with Crippen molar-refractivity contribution < 1.29 is 4.79 Å². The number of hydrogen-bond acceptors (Lipinski definition) is 6. The lowest BCUT2D eigenvalue weighted by molar-refractivity contribution is -0.118. The molecule has 0 aliphatic heterocycles. The summed E-state index contributed by atoms with van der Waals surface area (Å²) in [5.41, 5.74) is 7.84. The maximum Gasteiger partial charge on any atom is 0.250 e. The number of aryl methyl sites for hydroxylation is 1. The molecule has 1 N–H and O–H groups in total. The maximum atomic E-state index is 12.5. The topological polar surface area (TPSA) is 85.1 Å². The summed E-state index contributed by atoms with van der Waals surface area (Å²) in [7, 11) is 0. The monoisotopic (exact) mass is 484 g/mol. The van der Waals surface area contributed by atoms with E-state index >= 15 is 0 Å². The molecule has 178 valence electrons. The number of pyridine rings is 1. The average Bonchev–Trinajstić information content (AvgIpc) is 3.27. The van der Waals surface area contributed by atoms with Crippen LogP contribution in [-0.4, -0.2) is 37.6 Å². The summed E-state index contributed by atoms with van der Waals surface area (Å²) in [5, 5.41) is 13.5. The van der Waals surface area contributed by atoms with Crippen LogP contribution in [0.1, 0.15) is 37.5 Å². The van der Waals surface area contributed by atoms with Crippen molar-refractivity contribution in [1.82, 2.24) is 25.2 Å². The van der Waals surface area contributed by atoms with Crippen molar-refractivity contribution in [2.24, 2.45) is 5.10 Å². The van der Waals surface area contributed by atoms with E-state index in [9.17, 15) is 4.79 Å². The number of thioether (sulfide) groups is 1. The summed E-state index contributed by atoms with van der Waals surface area (Å²) in [6.45, 7) is 8.56. The Kier molecular flexibility index (Phi) is 7.41. The molecule has 0 aliphatic rings. The highest BCUT2D eigenvalue weighted by Crippen LogP contribution is 2.28. The number of carbonyl (C=O) groups is 1. The van der Waals surface area contributed by atoms with Crippen molar-refractivity contribution in [3.8, 4) is 17.1 Å². The van der Waals surface area contributed by atoms with Crippen LogP contribution in [0, 0.1) is 6.92 Å². The summed E-state index contributed by atoms with van der Waals surface area (Å²) in [4.78, 5) is 16.5. The Morgan fingerprint density at radius 1 is 1.00 bits per heavy atom. The molecule has 1 amide bonds. The first-order valence-electron chi connectivity index (χ1n) is 11.3. The molecular formula is C27H28N6OS. The normalized spacial score (nSPS) is 11.7. The van der Waals surface area contributed by atoms with Gasteiger partial charge >= 0.3 is 0 Å². The predicted molar refractivity (Wildman–Crippen MR) is 141 cm³/mol. The van der Waals surface area contributed by atoms with E-state index < -0.39 is 0 Å². The fourth-order valence-electron chi connectivity index (χ4n) is 3.39. The summed E-state index contributed by atoms with van der Waals surface area (Å²) < 4.78 is 1.95. The van der Waals surface area contributed by atoms with Crippen LogP contribution in [0.3, 0.4) is 0 Å². The quantitative estimate of drug-likeness (QED) is 0.222. The zero-order chi connectivity index (χ0) is 24.8. The van der Waals surface area contributed by atoms with Crippen LogP contribution in [0.5, 0.6) is 0 Å². The number of amides is 1. The van der Waals surface area contributed by atoms with Crippen molar-refractivity contribution in [2.75, 3.05) is 5.75 Å². The molecule has 2 aromatic carbocycles. The smallest absolute Gasteiger partial charge is 0.250 e. The van der Waals surface area contributed by atoms with Crippen LogP contribution >= 0.6 is 11.8 Å². The molecule has 8 heteroatoms. The molecule has 0 saturated carbocycles. The van der Waals surface area contributed by atoms with Crippen LogP contribution in [0.25, 0.3) is 17.1 Å². The molecule has 0 atom stereocenters. The van der Waals surface area contributed by atoms with Gasteiger partial charge in [0.1, 0.15) is 0 Å². The maximum absolute atomic E-state index is 12.5. The van der Waals surface area contributed by atoms with E-state index in [1.165, 1.54) is 17.3 Å². The number of carbonyl (C=O) groups excluding carboxylic acids is 1. The Bertz CT molecular complexity index is 1310. The van der Waals surface area contributed by atoms with Crippen molar-refractivity contribution in [3.05, 3.63) is 89.7 Å². The summed E-state index contributed by atoms with van der Waals surface area (Å²) in [6, 6.07) is 20.0. The van der Waals surface area contributed by atoms with Gasteiger partial charge in [0.05, 0.1) is 12.0 Å². The number of nitrogens with one attached hydrogen (secondary N) is 1. The molecule has 7 nitrogen and oxygen atoms in total. The van der Waals surface area contributed by atoms with Crippen LogP contribution in [0.2, 0.25) is 0 Å². The lowest BCUT2D eigenvalue weighted by Crippen LogP contribution is -2.20. The summed E-state index contributed by atoms with van der Waals surface area (Å²) in [5.74, 6) is 0.623. The standard InChI is InChI=1S/C27H28N6OS/c1-19-5-11-23(12-6-19)33-25(21-13-15-28-16-14-21)31-32-26(33)35-18-24(34)30-29-17-20-7-9-22(10-8-20)27(2,3)4/h5-17H,18H2,1-4H3,(H,30,34)/b29-17+. The first kappa shape index (κ1) is 24.3. The number of nitrogens with zero attached hydrogens (tertiary/aromatic N) is 5. The molecule has 0 fully saturated rings. The van der Waals surface area contributed by atoms with Gasteiger partial charge < -0.3 is 0 Å². The second-order valence-electron chi connectivity index (χ2n) is 9.17. The largest absolute Gasteiger partial charge is 0.272 e. The van der Waals surface area contributed by atoms with Crippen molar-refractivity contribution >= 4 is 23.9 Å². The number of hydrogen-bond donors (Lipinski definition) is 1. The fraction of sp³-hybridized carbons (Fsp3) is 0.222. The van der Waals surface area contributed by atoms with Gasteiger partial charge in [-0.15, -0.1) is 10.2 Å². The predicted octanol–water partition coefficient (Wildman–Crippen LogP) is 5.18. The lowest BCUT2D eigenvalue weighted by atomic mass is 9.87. The van der Waals surface area contributed by atoms with Gasteiger partial charge in [0.2, 0.25) is 0 Å². The Balaban J connectivity index is 1.44. The molecule has 2 aromatic heterocycles. The van der Waals surface area contributed by atoms with Gasteiger partial charge in [0.25, 0.3) is 5.91 Å². The molecule has 2 heterocycles. The third kappa shape index (κ3) is 6.22. The minimum Gasteiger partial charge on any atom is -0.272 e. The van der Waals surface area contributed by atoms with Crippen LogP contribution in [-0.2, 0) is 10.2 Å². The Hall–Kier alpha value is -3.78. The van der Waals surface area contributed by atoms with Crippen molar-refractivity contribution in [1.29, 1.82) is 0 Å². The minimum absolute atomic E-state index is 0.0948. The van der Waals surface area contributed by atoms with Gasteiger partial charge in [-0.2, -0.15) is 5.10 Å². The number of aromatic nitrogens is 4. The second kappa shape index (κ2) is 10.7. The van der Waals surface area contributed by atoms with Crippen molar-refractivity contribution in [3.63, 3.8) is 0 Å². The molecule has 0 saturated heterocycles. The molecule has 35 heavy (non-hydrogen) atoms. The molecular weight excluding hydrogens is 456 g/mol. The SMILES string of the molecule is Cc1ccc(-n2c(SCC(=O)N/N=C/c3ccc(C(C)(C)C)cc3)nnc2-c2ccncc2)cc1. The van der Waals surface area contributed by atoms with Gasteiger partial charge in [0, 0.05) is 23.6 Å². The van der Waals surface area contributed by atoms with E-state index in [-0.39, 0.29) is 17.1 Å². The molecule has 0 aliphatic carbocycles. The summed E-state index contributed by atoms with van der Waals surface area (Å²) >= 11 is 1.31. The minimum atomic E-state index is -0.221. The van der Waals surface area contributed by atoms with Crippen LogP contribution in [0.4, 0.5) is 0 Å². The Morgan fingerprint density at radius 2 is 1.69 bits per heavy atom. The third-order valence-electron chi connectivity index (χ3n) is 5.38. The van der Waals surface area contributed by atoms with Gasteiger partial charge in [-0.3, -0.25) is 14.3 Å². The molecule has 0 unspecified atom stereocenters. The molecule has 0 radical (unpaired) electrons. The highest BCUT2D eigenvalue weighted by molar-refractivity contribution is 7.99. The van der Waals surface area contributed by atoms with Gasteiger partial charge in [-0.05, 0) is 47.7 Å². The van der Waals surface area contributed by atoms with E-state index in [4.69, 9.17) is 0 Å². The Morgan fingerprint density at radius 3 is 2.34 bits per heavy atom. The number of hydrazone groups is 1. The second-order valence-corrected chi connectivity index (χ2v) is 10.1. The van der Waals surface area contributed by atoms with Gasteiger partial charge in [-0.25, -0.2) is 5.43 Å². The molecule has 4 rings (SSSR count). The summed E-state index contributed by atoms with van der Waals surface area (Å²) in [6.07, 6.45) is 5.09. The van der Waals surface area contributed by atoms with E-state index in [1.807, 2.05) is 60.0 Å². The zero-order valence-corrected chi connectivity index (χ0v) is 21.1. The molecule has 0 bridgehead atoms. The number of benzene rings is 2. The highest BCUT2D eigenvalue weighted by atomic mass is 32.2. The van der Waals surface area contributed by atoms with E-state index in [2.05, 4.69) is 58.6 Å².